The predicted molar refractivity (Wildman–Crippen MR) is 136 cm³/mol. The first-order valence-electron chi connectivity index (χ1n) is 11.5. The summed E-state index contributed by atoms with van der Waals surface area (Å²) >= 11 is 12.2. The van der Waals surface area contributed by atoms with Crippen molar-refractivity contribution in [1.29, 1.82) is 0 Å². The Morgan fingerprint density at radius 2 is 1.72 bits per heavy atom. The molecule has 0 unspecified atom stereocenters. The van der Waals surface area contributed by atoms with Crippen molar-refractivity contribution in [2.75, 3.05) is 6.79 Å². The number of ether oxygens (including phenoxy) is 2. The van der Waals surface area contributed by atoms with E-state index < -0.39 is 42.2 Å². The Balaban J connectivity index is 2.22. The summed E-state index contributed by atoms with van der Waals surface area (Å²) in [5, 5.41) is 13.6. The van der Waals surface area contributed by atoms with Crippen LogP contribution in [0.5, 0.6) is 0 Å². The lowest BCUT2D eigenvalue weighted by atomic mass is 9.98. The number of imidazole rings is 1. The van der Waals surface area contributed by atoms with E-state index in [1.807, 2.05) is 18.4 Å². The number of carbonyl (C=O) groups is 3. The normalized spacial score (nSPS) is 13.3. The van der Waals surface area contributed by atoms with Crippen LogP contribution in [0.3, 0.4) is 0 Å². The van der Waals surface area contributed by atoms with Crippen LogP contribution in [0.2, 0.25) is 10.0 Å². The molecule has 0 saturated heterocycles. The summed E-state index contributed by atoms with van der Waals surface area (Å²) in [4.78, 5) is 41.0. The van der Waals surface area contributed by atoms with Gasteiger partial charge in [-0.1, -0.05) is 37.0 Å². The Bertz CT molecular complexity index is 1040. The molecular formula is C25H33Cl2N3O6. The molecule has 0 aliphatic rings. The lowest BCUT2D eigenvalue weighted by molar-refractivity contribution is -0.174. The molecule has 0 spiro atoms. The van der Waals surface area contributed by atoms with Crippen LogP contribution >= 0.6 is 23.2 Å². The molecule has 1 heterocycles. The highest BCUT2D eigenvalue weighted by Crippen LogP contribution is 2.21. The van der Waals surface area contributed by atoms with E-state index in [0.717, 1.165) is 5.56 Å². The Kier molecular flexibility index (Phi) is 10.8. The maximum absolute atomic E-state index is 13.0. The largest absolute Gasteiger partial charge is 0.480 e. The minimum atomic E-state index is -1.08. The van der Waals surface area contributed by atoms with Gasteiger partial charge in [0.05, 0.1) is 11.7 Å². The number of carboxylic acids is 1. The number of hydrogen-bond acceptors (Lipinski definition) is 7. The molecule has 0 bridgehead atoms. The van der Waals surface area contributed by atoms with Crippen LogP contribution in [0.4, 0.5) is 0 Å². The van der Waals surface area contributed by atoms with E-state index >= 15 is 0 Å². The molecule has 0 amide bonds. The topological polar surface area (TPSA) is 120 Å². The van der Waals surface area contributed by atoms with E-state index in [-0.39, 0.29) is 12.3 Å². The molecular weight excluding hydrogens is 509 g/mol. The number of halogens is 2. The number of carbonyl (C=O) groups excluding carboxylic acids is 2. The van der Waals surface area contributed by atoms with Gasteiger partial charge in [0.15, 0.2) is 0 Å². The van der Waals surface area contributed by atoms with Gasteiger partial charge in [-0.3, -0.25) is 19.7 Å². The molecule has 9 nitrogen and oxygen atoms in total. The molecule has 1 aromatic carbocycles. The average molecular weight is 542 g/mol. The summed E-state index contributed by atoms with van der Waals surface area (Å²) in [6.07, 6.45) is 3.58. The van der Waals surface area contributed by atoms with Crippen molar-refractivity contribution < 1.29 is 29.0 Å². The van der Waals surface area contributed by atoms with Crippen LogP contribution in [-0.2, 0) is 36.8 Å². The third-order valence-electron chi connectivity index (χ3n) is 5.18. The fourth-order valence-corrected chi connectivity index (χ4v) is 3.96. The lowest BCUT2D eigenvalue weighted by Crippen LogP contribution is -2.49. The van der Waals surface area contributed by atoms with Crippen molar-refractivity contribution in [3.63, 3.8) is 0 Å². The second kappa shape index (κ2) is 13.1. The minimum absolute atomic E-state index is 0.0705. The van der Waals surface area contributed by atoms with E-state index in [4.69, 9.17) is 32.7 Å². The first-order valence-corrected chi connectivity index (χ1v) is 12.3. The molecule has 0 saturated carbocycles. The van der Waals surface area contributed by atoms with Gasteiger partial charge in [0.2, 0.25) is 6.79 Å². The van der Waals surface area contributed by atoms with Gasteiger partial charge in [-0.25, -0.2) is 4.98 Å². The summed E-state index contributed by atoms with van der Waals surface area (Å²) in [7, 11) is 0. The maximum atomic E-state index is 13.0. The summed E-state index contributed by atoms with van der Waals surface area (Å²) in [5.41, 5.74) is 0.725. The number of esters is 2. The van der Waals surface area contributed by atoms with Gasteiger partial charge in [-0.15, -0.1) is 0 Å². The number of benzene rings is 1. The summed E-state index contributed by atoms with van der Waals surface area (Å²) in [5.74, 6) is -2.28. The van der Waals surface area contributed by atoms with Gasteiger partial charge in [0.1, 0.15) is 12.1 Å². The van der Waals surface area contributed by atoms with Crippen LogP contribution in [0.1, 0.15) is 52.3 Å². The monoisotopic (exact) mass is 541 g/mol. The van der Waals surface area contributed by atoms with Crippen molar-refractivity contribution >= 4 is 41.1 Å². The second-order valence-electron chi connectivity index (χ2n) is 10.00. The number of rotatable bonds is 12. The van der Waals surface area contributed by atoms with Crippen LogP contribution < -0.4 is 5.32 Å². The zero-order valence-corrected chi connectivity index (χ0v) is 22.6. The molecule has 2 aromatic rings. The minimum Gasteiger partial charge on any atom is -0.480 e. The van der Waals surface area contributed by atoms with Gasteiger partial charge >= 0.3 is 17.9 Å². The first-order chi connectivity index (χ1) is 16.8. The first kappa shape index (κ1) is 29.6. The SMILES string of the molecule is CC(C)C[C@H](N[C@@H](Cc1cncn1Cc1cc(Cl)cc(Cl)c1)C(=O)OCOC(=O)C(C)(C)C)C(=O)O. The highest BCUT2D eigenvalue weighted by Gasteiger charge is 2.30. The number of hydrogen-bond donors (Lipinski definition) is 2. The number of carboxylic acid groups (broad SMARTS) is 1. The fraction of sp³-hybridized carbons (Fsp3) is 0.520. The van der Waals surface area contributed by atoms with Crippen LogP contribution in [-0.4, -0.2) is 51.4 Å². The standard InChI is InChI=1S/C25H33Cl2N3O6/c1-15(2)6-20(22(31)32)29-21(23(33)35-14-36-24(34)25(3,4)5)10-19-11-28-13-30(19)12-16-7-17(26)9-18(27)8-16/h7-9,11,13,15,20-21,29H,6,10,12,14H2,1-5H3,(H,31,32)/t20-,21-/m0/s1. The summed E-state index contributed by atoms with van der Waals surface area (Å²) < 4.78 is 12.0. The van der Waals surface area contributed by atoms with Crippen LogP contribution in [0.15, 0.2) is 30.7 Å². The number of nitrogens with one attached hydrogen (secondary N) is 1. The molecule has 198 valence electrons. The Morgan fingerprint density at radius 1 is 1.08 bits per heavy atom. The van der Waals surface area contributed by atoms with Gasteiger partial charge in [0, 0.05) is 34.9 Å². The van der Waals surface area contributed by atoms with Gasteiger partial charge in [-0.2, -0.15) is 0 Å². The van der Waals surface area contributed by atoms with E-state index in [9.17, 15) is 19.5 Å². The third-order valence-corrected chi connectivity index (χ3v) is 5.62. The predicted octanol–water partition coefficient (Wildman–Crippen LogP) is 4.33. The molecule has 1 aromatic heterocycles. The van der Waals surface area contributed by atoms with E-state index in [1.54, 1.807) is 51.5 Å². The fourth-order valence-electron chi connectivity index (χ4n) is 3.39. The zero-order chi connectivity index (χ0) is 27.0. The lowest BCUT2D eigenvalue weighted by Gasteiger charge is -2.24. The Hall–Kier alpha value is -2.62. The summed E-state index contributed by atoms with van der Waals surface area (Å²) in [6.45, 7) is 8.63. The highest BCUT2D eigenvalue weighted by atomic mass is 35.5. The molecule has 0 aliphatic heterocycles. The van der Waals surface area contributed by atoms with E-state index in [2.05, 4.69) is 10.3 Å². The quantitative estimate of drug-likeness (QED) is 0.301. The van der Waals surface area contributed by atoms with Crippen molar-refractivity contribution in [2.45, 2.75) is 66.1 Å². The van der Waals surface area contributed by atoms with Gasteiger partial charge in [-0.05, 0) is 56.9 Å². The molecule has 0 aliphatic carbocycles. The van der Waals surface area contributed by atoms with Crippen LogP contribution in [0, 0.1) is 11.3 Å². The van der Waals surface area contributed by atoms with Crippen molar-refractivity contribution in [1.82, 2.24) is 14.9 Å². The zero-order valence-electron chi connectivity index (χ0n) is 21.1. The van der Waals surface area contributed by atoms with E-state index in [1.165, 1.54) is 0 Å². The molecule has 11 heteroatoms. The molecule has 2 atom stereocenters. The molecule has 2 rings (SSSR count). The highest BCUT2D eigenvalue weighted by molar-refractivity contribution is 6.34. The number of aliphatic carboxylic acids is 1. The molecule has 36 heavy (non-hydrogen) atoms. The number of aromatic nitrogens is 2. The van der Waals surface area contributed by atoms with E-state index in [0.29, 0.717) is 28.7 Å². The molecule has 0 fully saturated rings. The van der Waals surface area contributed by atoms with Crippen molar-refractivity contribution in [2.24, 2.45) is 11.3 Å². The van der Waals surface area contributed by atoms with Crippen molar-refractivity contribution in [3.05, 3.63) is 52.0 Å². The average Bonchev–Trinajstić information content (AvgIpc) is 3.17. The molecule has 0 radical (unpaired) electrons. The second-order valence-corrected chi connectivity index (χ2v) is 10.9. The Morgan fingerprint density at radius 3 is 2.28 bits per heavy atom. The molecule has 2 N–H and O–H groups in total. The third kappa shape index (κ3) is 9.44. The Labute approximate surface area is 221 Å². The van der Waals surface area contributed by atoms with Gasteiger partial charge < -0.3 is 19.1 Å². The smallest absolute Gasteiger partial charge is 0.326 e. The van der Waals surface area contributed by atoms with Gasteiger partial charge in [0.25, 0.3) is 0 Å². The summed E-state index contributed by atoms with van der Waals surface area (Å²) in [6, 6.07) is 3.16. The van der Waals surface area contributed by atoms with Crippen LogP contribution in [0.25, 0.3) is 0 Å². The maximum Gasteiger partial charge on any atom is 0.326 e. The van der Waals surface area contributed by atoms with Crippen molar-refractivity contribution in [3.8, 4) is 0 Å². The number of nitrogens with zero attached hydrogens (tertiary/aromatic N) is 2.